The van der Waals surface area contributed by atoms with Crippen LogP contribution in [0.15, 0.2) is 27.0 Å². The van der Waals surface area contributed by atoms with Crippen molar-refractivity contribution in [1.82, 2.24) is 20.2 Å². The smallest absolute Gasteiger partial charge is 0.136 e. The number of aromatic nitrogens is 4. The van der Waals surface area contributed by atoms with Crippen LogP contribution >= 0.6 is 0 Å². The molecule has 0 spiro atoms. The number of rotatable bonds is 1. The highest BCUT2D eigenvalue weighted by Gasteiger charge is 2.12. The van der Waals surface area contributed by atoms with Crippen molar-refractivity contribution in [2.24, 2.45) is 20.7 Å². The summed E-state index contributed by atoms with van der Waals surface area (Å²) in [6.45, 7) is 0. The third kappa shape index (κ3) is 0.658. The normalized spacial score (nSPS) is 16.8. The Morgan fingerprint density at radius 3 is 2.60 bits per heavy atom. The highest BCUT2D eigenvalue weighted by Crippen LogP contribution is 2.12. The SMILES string of the molecule is c1nnn(C2N=NN=N2)n1. The van der Waals surface area contributed by atoms with Crippen LogP contribution in [0.4, 0.5) is 0 Å². The average molecular weight is 138 g/mol. The summed E-state index contributed by atoms with van der Waals surface area (Å²) in [6.07, 6.45) is 0.742. The highest BCUT2D eigenvalue weighted by atomic mass is 15.7. The van der Waals surface area contributed by atoms with Gasteiger partial charge in [0.25, 0.3) is 6.29 Å². The quantitative estimate of drug-likeness (QED) is 0.544. The average Bonchev–Trinajstić information content (AvgIpc) is 2.59. The van der Waals surface area contributed by atoms with E-state index in [-0.39, 0.29) is 0 Å². The molecule has 10 heavy (non-hydrogen) atoms. The van der Waals surface area contributed by atoms with Crippen molar-refractivity contribution in [2.75, 3.05) is 0 Å². The molecule has 0 radical (unpaired) electrons. The summed E-state index contributed by atoms with van der Waals surface area (Å²) in [5, 5.41) is 24.4. The molecule has 0 saturated heterocycles. The molecule has 0 bridgehead atoms. The molecule has 2 rings (SSSR count). The molecule has 1 aliphatic rings. The topological polar surface area (TPSA) is 93.0 Å². The first-order valence-electron chi connectivity index (χ1n) is 2.49. The Morgan fingerprint density at radius 1 is 1.20 bits per heavy atom. The Morgan fingerprint density at radius 2 is 2.00 bits per heavy atom. The van der Waals surface area contributed by atoms with Crippen LogP contribution < -0.4 is 0 Å². The number of nitrogens with zero attached hydrogens (tertiary/aromatic N) is 8. The summed E-state index contributed by atoms with van der Waals surface area (Å²) < 4.78 is 0. The first-order chi connectivity index (χ1) is 4.97. The fraction of sp³-hybridized carbons (Fsp3) is 0.500. The largest absolute Gasteiger partial charge is 0.295 e. The van der Waals surface area contributed by atoms with E-state index in [9.17, 15) is 0 Å². The maximum absolute atomic E-state index is 3.69. The molecule has 1 aliphatic heterocycles. The lowest BCUT2D eigenvalue weighted by molar-refractivity contribution is 0.419. The van der Waals surface area contributed by atoms with E-state index in [1.54, 1.807) is 0 Å². The molecule has 0 atom stereocenters. The standard InChI is InChI=1S/C2H2N8/c1-3-9-10(4-1)2-5-7-8-6-2/h1-2H. The van der Waals surface area contributed by atoms with Gasteiger partial charge in [0.2, 0.25) is 0 Å². The molecular formula is C2H2N8. The summed E-state index contributed by atoms with van der Waals surface area (Å²) in [7, 11) is 0. The van der Waals surface area contributed by atoms with Crippen LogP contribution in [0, 0.1) is 0 Å². The first-order valence-corrected chi connectivity index (χ1v) is 2.49. The lowest BCUT2D eigenvalue weighted by atomic mass is 10.9. The van der Waals surface area contributed by atoms with Gasteiger partial charge in [0.1, 0.15) is 0 Å². The third-order valence-corrected chi connectivity index (χ3v) is 0.921. The molecule has 8 nitrogen and oxygen atoms in total. The van der Waals surface area contributed by atoms with Crippen molar-refractivity contribution in [2.45, 2.75) is 6.29 Å². The summed E-state index contributed by atoms with van der Waals surface area (Å²) in [6, 6.07) is 0. The van der Waals surface area contributed by atoms with E-state index in [2.05, 4.69) is 36.1 Å². The van der Waals surface area contributed by atoms with E-state index in [1.165, 1.54) is 11.1 Å². The number of hydrogen-bond acceptors (Lipinski definition) is 7. The Balaban J connectivity index is 2.29. The van der Waals surface area contributed by atoms with Crippen LogP contribution in [-0.4, -0.2) is 20.2 Å². The van der Waals surface area contributed by atoms with Crippen LogP contribution in [-0.2, 0) is 0 Å². The second kappa shape index (κ2) is 1.90. The molecule has 8 heteroatoms. The second-order valence-corrected chi connectivity index (χ2v) is 1.51. The predicted molar refractivity (Wildman–Crippen MR) is 26.6 cm³/mol. The van der Waals surface area contributed by atoms with E-state index >= 15 is 0 Å². The summed E-state index contributed by atoms with van der Waals surface area (Å²) in [5.74, 6) is 0. The molecule has 0 fully saturated rings. The molecule has 1 aromatic rings. The predicted octanol–water partition coefficient (Wildman–Crippen LogP) is -0.0378. The van der Waals surface area contributed by atoms with Gasteiger partial charge >= 0.3 is 0 Å². The van der Waals surface area contributed by atoms with E-state index < -0.39 is 6.29 Å². The van der Waals surface area contributed by atoms with Crippen LogP contribution in [0.5, 0.6) is 0 Å². The molecular weight excluding hydrogens is 136 g/mol. The lowest BCUT2D eigenvalue weighted by Gasteiger charge is -1.93. The van der Waals surface area contributed by atoms with Crippen molar-refractivity contribution in [3.05, 3.63) is 6.33 Å². The Hall–Kier alpha value is -1.73. The summed E-state index contributed by atoms with van der Waals surface area (Å²) >= 11 is 0. The molecule has 0 aromatic carbocycles. The van der Waals surface area contributed by atoms with Crippen molar-refractivity contribution < 1.29 is 0 Å². The molecule has 2 heterocycles. The molecule has 0 N–H and O–H groups in total. The molecule has 50 valence electrons. The monoisotopic (exact) mass is 138 g/mol. The first kappa shape index (κ1) is 5.09. The van der Waals surface area contributed by atoms with Gasteiger partial charge in [0.15, 0.2) is 6.33 Å². The van der Waals surface area contributed by atoms with Crippen molar-refractivity contribution in [3.63, 3.8) is 0 Å². The molecule has 0 saturated carbocycles. The van der Waals surface area contributed by atoms with Gasteiger partial charge in [-0.2, -0.15) is 0 Å². The fourth-order valence-electron chi connectivity index (χ4n) is 0.535. The van der Waals surface area contributed by atoms with Crippen LogP contribution in [0.25, 0.3) is 0 Å². The zero-order valence-electron chi connectivity index (χ0n) is 4.73. The van der Waals surface area contributed by atoms with E-state index in [0.29, 0.717) is 0 Å². The van der Waals surface area contributed by atoms with E-state index in [4.69, 9.17) is 0 Å². The molecule has 0 amide bonds. The number of hydrogen-bond donors (Lipinski definition) is 0. The van der Waals surface area contributed by atoms with Gasteiger partial charge in [-0.05, 0) is 15.7 Å². The maximum atomic E-state index is 3.69. The van der Waals surface area contributed by atoms with Gasteiger partial charge in [-0.3, -0.25) is 0 Å². The fourth-order valence-corrected chi connectivity index (χ4v) is 0.535. The van der Waals surface area contributed by atoms with Crippen molar-refractivity contribution >= 4 is 0 Å². The van der Waals surface area contributed by atoms with Crippen molar-refractivity contribution in [1.29, 1.82) is 0 Å². The minimum atomic E-state index is -0.553. The maximum Gasteiger partial charge on any atom is 0.295 e. The Labute approximate surface area is 54.6 Å². The highest BCUT2D eigenvalue weighted by molar-refractivity contribution is 4.52. The van der Waals surface area contributed by atoms with Gasteiger partial charge in [-0.25, -0.2) is 0 Å². The van der Waals surface area contributed by atoms with Gasteiger partial charge < -0.3 is 0 Å². The molecule has 0 unspecified atom stereocenters. The summed E-state index contributed by atoms with van der Waals surface area (Å²) in [5.41, 5.74) is 0. The summed E-state index contributed by atoms with van der Waals surface area (Å²) in [4.78, 5) is 1.21. The van der Waals surface area contributed by atoms with Gasteiger partial charge in [0, 0.05) is 0 Å². The van der Waals surface area contributed by atoms with Gasteiger partial charge in [0.05, 0.1) is 0 Å². The molecule has 0 aliphatic carbocycles. The van der Waals surface area contributed by atoms with Gasteiger partial charge in [-0.1, -0.05) is 0 Å². The zero-order chi connectivity index (χ0) is 6.81. The Kier molecular flexibility index (Phi) is 0.966. The minimum Gasteiger partial charge on any atom is -0.136 e. The molecule has 1 aromatic heterocycles. The van der Waals surface area contributed by atoms with Crippen molar-refractivity contribution in [3.8, 4) is 0 Å². The minimum absolute atomic E-state index is 0.553. The second-order valence-electron chi connectivity index (χ2n) is 1.51. The van der Waals surface area contributed by atoms with Crippen LogP contribution in [0.1, 0.15) is 6.29 Å². The zero-order valence-corrected chi connectivity index (χ0v) is 4.73. The third-order valence-electron chi connectivity index (χ3n) is 0.921. The van der Waals surface area contributed by atoms with Crippen LogP contribution in [0.2, 0.25) is 0 Å². The van der Waals surface area contributed by atoms with E-state index in [1.807, 2.05) is 0 Å². The van der Waals surface area contributed by atoms with E-state index in [0.717, 1.165) is 0 Å². The van der Waals surface area contributed by atoms with Gasteiger partial charge in [-0.15, -0.1) is 25.2 Å². The van der Waals surface area contributed by atoms with Crippen LogP contribution in [0.3, 0.4) is 0 Å². The number of tetrazole rings is 1. The Bertz CT molecular complexity index is 245. The lowest BCUT2D eigenvalue weighted by Crippen LogP contribution is -2.05.